The zero-order valence-corrected chi connectivity index (χ0v) is 17.4. The number of alkyl halides is 3. The van der Waals surface area contributed by atoms with Gasteiger partial charge < -0.3 is 34.5 Å². The standard InChI is InChI=1S/C17H17N3O7.C2HF3O2/c1-17(26-11-5-3-2-4-10(11)15(21)27-17)24-9-14-23-8-13(25-14)20-7-6-12(18)19-16(20)22;3-2(4,5)1(6)7/h2-7,13-14H,8-9H2,1H3,(H2,18,19,22);(H,6,7)/t13-,14-,17?;/m0./s1. The molecule has 3 heterocycles. The van der Waals surface area contributed by atoms with Crippen molar-refractivity contribution in [2.45, 2.75) is 31.6 Å². The summed E-state index contributed by atoms with van der Waals surface area (Å²) < 4.78 is 60.6. The van der Waals surface area contributed by atoms with Gasteiger partial charge in [-0.05, 0) is 18.2 Å². The quantitative estimate of drug-likeness (QED) is 0.595. The summed E-state index contributed by atoms with van der Waals surface area (Å²) in [5.41, 5.74) is 5.25. The molecule has 184 valence electrons. The van der Waals surface area contributed by atoms with Gasteiger partial charge in [-0.15, -0.1) is 0 Å². The van der Waals surface area contributed by atoms with E-state index in [2.05, 4.69) is 4.98 Å². The van der Waals surface area contributed by atoms with Crippen LogP contribution in [-0.4, -0.2) is 58.2 Å². The fourth-order valence-electron chi connectivity index (χ4n) is 2.77. The van der Waals surface area contributed by atoms with Crippen LogP contribution in [0.2, 0.25) is 0 Å². The van der Waals surface area contributed by atoms with Gasteiger partial charge in [-0.25, -0.2) is 14.4 Å². The molecule has 0 radical (unpaired) electrons. The molecule has 1 fully saturated rings. The molecule has 2 aromatic rings. The summed E-state index contributed by atoms with van der Waals surface area (Å²) in [6, 6.07) is 8.19. The van der Waals surface area contributed by atoms with Gasteiger partial charge in [0, 0.05) is 13.1 Å². The zero-order chi connectivity index (χ0) is 25.1. The second kappa shape index (κ2) is 9.66. The number of nitrogens with zero attached hydrogens (tertiary/aromatic N) is 2. The van der Waals surface area contributed by atoms with Crippen molar-refractivity contribution in [1.82, 2.24) is 9.55 Å². The van der Waals surface area contributed by atoms with Crippen LogP contribution in [0.15, 0.2) is 41.3 Å². The number of nitrogen functional groups attached to an aromatic ring is 1. The zero-order valence-electron chi connectivity index (χ0n) is 17.4. The highest BCUT2D eigenvalue weighted by molar-refractivity contribution is 5.93. The Kier molecular flexibility index (Phi) is 7.09. The van der Waals surface area contributed by atoms with Gasteiger partial charge in [-0.2, -0.15) is 18.2 Å². The third kappa shape index (κ3) is 6.00. The van der Waals surface area contributed by atoms with Crippen molar-refractivity contribution in [3.05, 3.63) is 52.6 Å². The molecule has 1 unspecified atom stereocenters. The number of rotatable bonds is 4. The number of esters is 1. The molecule has 3 N–H and O–H groups in total. The number of para-hydroxylation sites is 1. The molecule has 2 aliphatic heterocycles. The van der Waals surface area contributed by atoms with Crippen LogP contribution in [-0.2, 0) is 23.7 Å². The van der Waals surface area contributed by atoms with Crippen LogP contribution in [0.5, 0.6) is 5.75 Å². The predicted octanol–water partition coefficient (Wildman–Crippen LogP) is 1.27. The van der Waals surface area contributed by atoms with Gasteiger partial charge in [0.1, 0.15) is 23.7 Å². The van der Waals surface area contributed by atoms with E-state index in [0.29, 0.717) is 11.3 Å². The predicted molar refractivity (Wildman–Crippen MR) is 103 cm³/mol. The summed E-state index contributed by atoms with van der Waals surface area (Å²) in [6.45, 7) is 1.51. The summed E-state index contributed by atoms with van der Waals surface area (Å²) >= 11 is 0. The lowest BCUT2D eigenvalue weighted by molar-refractivity contribution is -0.324. The first kappa shape index (κ1) is 24.9. The van der Waals surface area contributed by atoms with Gasteiger partial charge in [0.15, 0.2) is 12.5 Å². The number of carboxylic acid groups (broad SMARTS) is 1. The number of nitrogens with two attached hydrogens (primary N) is 1. The number of halogens is 3. The highest BCUT2D eigenvalue weighted by atomic mass is 19.4. The van der Waals surface area contributed by atoms with Crippen LogP contribution >= 0.6 is 0 Å². The summed E-state index contributed by atoms with van der Waals surface area (Å²) in [6.07, 6.45) is -5.05. The first-order chi connectivity index (χ1) is 15.9. The number of aromatic nitrogens is 2. The number of carbonyl (C=O) groups is 2. The molecule has 0 aliphatic carbocycles. The van der Waals surface area contributed by atoms with Gasteiger partial charge in [-0.1, -0.05) is 12.1 Å². The van der Waals surface area contributed by atoms with Crippen LogP contribution in [0.25, 0.3) is 0 Å². The van der Waals surface area contributed by atoms with Crippen LogP contribution < -0.4 is 16.2 Å². The number of ether oxygens (including phenoxy) is 5. The van der Waals surface area contributed by atoms with Crippen molar-refractivity contribution >= 4 is 17.8 Å². The smallest absolute Gasteiger partial charge is 0.475 e. The molecular weight excluding hydrogens is 471 g/mol. The maximum atomic E-state index is 12.1. The van der Waals surface area contributed by atoms with E-state index in [1.54, 1.807) is 24.3 Å². The number of carboxylic acids is 1. The summed E-state index contributed by atoms with van der Waals surface area (Å²) in [5, 5.41) is 7.12. The second-order valence-electron chi connectivity index (χ2n) is 6.86. The molecule has 2 aliphatic rings. The largest absolute Gasteiger partial charge is 0.490 e. The van der Waals surface area contributed by atoms with Gasteiger partial charge >= 0.3 is 29.8 Å². The van der Waals surface area contributed by atoms with E-state index >= 15 is 0 Å². The van der Waals surface area contributed by atoms with Crippen LogP contribution in [0.4, 0.5) is 19.0 Å². The number of cyclic esters (lactones) is 1. The highest BCUT2D eigenvalue weighted by Crippen LogP contribution is 2.32. The average Bonchev–Trinajstić information content (AvgIpc) is 3.21. The number of hydrogen-bond acceptors (Lipinski definition) is 10. The lowest BCUT2D eigenvalue weighted by Gasteiger charge is -2.34. The van der Waals surface area contributed by atoms with Gasteiger partial charge in [0.2, 0.25) is 0 Å². The fraction of sp³-hybridized carbons (Fsp3) is 0.368. The summed E-state index contributed by atoms with van der Waals surface area (Å²) in [4.78, 5) is 36.5. The Morgan fingerprint density at radius 3 is 2.62 bits per heavy atom. The third-order valence-corrected chi connectivity index (χ3v) is 4.30. The Bertz CT molecular complexity index is 1120. The molecular formula is C19H18F3N3O9. The molecule has 4 rings (SSSR count). The Labute approximate surface area is 188 Å². The maximum absolute atomic E-state index is 12.1. The average molecular weight is 489 g/mol. The Morgan fingerprint density at radius 1 is 1.29 bits per heavy atom. The molecule has 34 heavy (non-hydrogen) atoms. The Morgan fingerprint density at radius 2 is 1.97 bits per heavy atom. The summed E-state index contributed by atoms with van der Waals surface area (Å²) in [5.74, 6) is -4.44. The van der Waals surface area contributed by atoms with Crippen molar-refractivity contribution in [2.75, 3.05) is 18.9 Å². The molecule has 0 saturated carbocycles. The molecule has 12 nitrogen and oxygen atoms in total. The van der Waals surface area contributed by atoms with Crippen molar-refractivity contribution in [3.8, 4) is 5.75 Å². The number of anilines is 1. The molecule has 1 aromatic heterocycles. The minimum Gasteiger partial charge on any atom is -0.475 e. The van der Waals surface area contributed by atoms with Gasteiger partial charge in [0.05, 0.1) is 6.61 Å². The van der Waals surface area contributed by atoms with E-state index in [1.165, 1.54) is 23.8 Å². The number of fused-ring (bicyclic) bond motifs is 1. The van der Waals surface area contributed by atoms with E-state index in [-0.39, 0.29) is 19.0 Å². The fourth-order valence-corrected chi connectivity index (χ4v) is 2.77. The molecule has 1 saturated heterocycles. The van der Waals surface area contributed by atoms with Crippen LogP contribution in [0, 0.1) is 0 Å². The lowest BCUT2D eigenvalue weighted by atomic mass is 10.2. The normalized spacial score (nSPS) is 23.7. The topological polar surface area (TPSA) is 161 Å². The minimum atomic E-state index is -5.08. The van der Waals surface area contributed by atoms with Crippen molar-refractivity contribution in [1.29, 1.82) is 0 Å². The van der Waals surface area contributed by atoms with E-state index in [0.717, 1.165) is 0 Å². The van der Waals surface area contributed by atoms with Crippen LogP contribution in [0.3, 0.4) is 0 Å². The van der Waals surface area contributed by atoms with Gasteiger partial charge in [0.25, 0.3) is 0 Å². The van der Waals surface area contributed by atoms with Crippen LogP contribution in [0.1, 0.15) is 23.5 Å². The minimum absolute atomic E-state index is 0.0837. The summed E-state index contributed by atoms with van der Waals surface area (Å²) in [7, 11) is 0. The first-order valence-electron chi connectivity index (χ1n) is 9.45. The molecule has 3 atom stereocenters. The van der Waals surface area contributed by atoms with E-state index < -0.39 is 42.3 Å². The van der Waals surface area contributed by atoms with Crippen molar-refractivity contribution in [2.24, 2.45) is 0 Å². The molecule has 0 bridgehead atoms. The van der Waals surface area contributed by atoms with E-state index in [9.17, 15) is 22.8 Å². The molecule has 0 amide bonds. The highest BCUT2D eigenvalue weighted by Gasteiger charge is 2.41. The van der Waals surface area contributed by atoms with Crippen molar-refractivity contribution in [3.63, 3.8) is 0 Å². The first-order valence-corrected chi connectivity index (χ1v) is 9.45. The number of carbonyl (C=O) groups excluding carboxylic acids is 1. The maximum Gasteiger partial charge on any atom is 0.490 e. The molecule has 15 heteroatoms. The number of benzene rings is 1. The lowest BCUT2D eigenvalue weighted by Crippen LogP contribution is -2.45. The second-order valence-corrected chi connectivity index (χ2v) is 6.86. The molecule has 1 aromatic carbocycles. The van der Waals surface area contributed by atoms with E-state index in [1.807, 2.05) is 0 Å². The monoisotopic (exact) mass is 489 g/mol. The number of hydrogen-bond donors (Lipinski definition) is 2. The van der Waals surface area contributed by atoms with Gasteiger partial charge in [-0.3, -0.25) is 4.57 Å². The third-order valence-electron chi connectivity index (χ3n) is 4.30. The Hall–Kier alpha value is -3.69. The van der Waals surface area contributed by atoms with Crippen molar-refractivity contribution < 1.29 is 51.6 Å². The SMILES string of the molecule is CC1(OC[C@H]2OC[C@@H](n3ccc(N)nc3=O)O2)OC(=O)c2ccccc2O1.O=C(O)C(F)(F)F. The Balaban J connectivity index is 0.000000406. The molecule has 0 spiro atoms. The number of aliphatic carboxylic acids is 1. The van der Waals surface area contributed by atoms with E-state index in [4.69, 9.17) is 39.3 Å².